The van der Waals surface area contributed by atoms with Crippen LogP contribution in [0.15, 0.2) is 43.0 Å². The van der Waals surface area contributed by atoms with E-state index in [1.165, 1.54) is 0 Å². The van der Waals surface area contributed by atoms with Crippen molar-refractivity contribution < 1.29 is 14.3 Å². The highest BCUT2D eigenvalue weighted by Gasteiger charge is 2.39. The van der Waals surface area contributed by atoms with E-state index in [0.29, 0.717) is 35.7 Å². The molecule has 5 heterocycles. The van der Waals surface area contributed by atoms with Gasteiger partial charge in [0.2, 0.25) is 5.91 Å². The molecule has 12 heteroatoms. The molecule has 0 aromatic carbocycles. The summed E-state index contributed by atoms with van der Waals surface area (Å²) in [6.07, 6.45) is 7.01. The quantitative estimate of drug-likeness (QED) is 0.401. The number of rotatable bonds is 7. The fourth-order valence-electron chi connectivity index (χ4n) is 4.25. The van der Waals surface area contributed by atoms with Gasteiger partial charge < -0.3 is 15.4 Å². The van der Waals surface area contributed by atoms with Crippen molar-refractivity contribution in [3.05, 3.63) is 54.4 Å². The Kier molecular flexibility index (Phi) is 5.98. The Morgan fingerprint density at radius 3 is 2.67 bits per heavy atom. The summed E-state index contributed by atoms with van der Waals surface area (Å²) in [5, 5.41) is 18.0. The molecule has 0 radical (unpaired) electrons. The van der Waals surface area contributed by atoms with Crippen LogP contribution in [0.5, 0.6) is 0 Å². The number of fused-ring (bicyclic) bond motifs is 1. The third-order valence-corrected chi connectivity index (χ3v) is 6.26. The first kappa shape index (κ1) is 23.6. The first-order chi connectivity index (χ1) is 17.2. The van der Waals surface area contributed by atoms with Crippen molar-refractivity contribution in [1.29, 1.82) is 0 Å². The van der Waals surface area contributed by atoms with Crippen molar-refractivity contribution in [3.63, 3.8) is 0 Å². The summed E-state index contributed by atoms with van der Waals surface area (Å²) < 4.78 is 8.69. The number of pyridine rings is 2. The van der Waals surface area contributed by atoms with Gasteiger partial charge in [0.05, 0.1) is 47.1 Å². The second-order valence-corrected chi connectivity index (χ2v) is 9.25. The molecular weight excluding hydrogens is 462 g/mol. The summed E-state index contributed by atoms with van der Waals surface area (Å²) in [6.45, 7) is 5.43. The molecule has 5 rings (SSSR count). The number of ether oxygens (including phenoxy) is 1. The molecule has 0 unspecified atom stereocenters. The number of hydrogen-bond donors (Lipinski definition) is 2. The fraction of sp³-hybridized carbons (Fsp3) is 0.333. The van der Waals surface area contributed by atoms with Crippen LogP contribution in [0, 0.1) is 6.92 Å². The van der Waals surface area contributed by atoms with Crippen LogP contribution >= 0.6 is 0 Å². The van der Waals surface area contributed by atoms with Gasteiger partial charge in [0.1, 0.15) is 0 Å². The number of nitrogens with zero attached hydrogens (tertiary/aromatic N) is 7. The number of aromatic nitrogens is 6. The Morgan fingerprint density at radius 1 is 1.14 bits per heavy atom. The third kappa shape index (κ3) is 4.68. The third-order valence-electron chi connectivity index (χ3n) is 6.26. The topological polar surface area (TPSA) is 132 Å². The molecule has 1 aliphatic rings. The predicted octanol–water partition coefficient (Wildman–Crippen LogP) is 1.74. The Labute approximate surface area is 207 Å². The van der Waals surface area contributed by atoms with E-state index in [1.807, 2.05) is 31.1 Å². The lowest BCUT2D eigenvalue weighted by atomic mass is 9.96. The van der Waals surface area contributed by atoms with Crippen LogP contribution in [0.4, 0.5) is 11.4 Å². The van der Waals surface area contributed by atoms with Crippen molar-refractivity contribution in [2.24, 2.45) is 7.05 Å². The molecule has 1 saturated heterocycles. The molecule has 0 atom stereocenters. The van der Waals surface area contributed by atoms with Crippen molar-refractivity contribution in [2.75, 3.05) is 37.4 Å². The molecule has 0 bridgehead atoms. The van der Waals surface area contributed by atoms with Crippen LogP contribution in [0.2, 0.25) is 0 Å². The predicted molar refractivity (Wildman–Crippen MR) is 133 cm³/mol. The molecule has 1 fully saturated rings. The van der Waals surface area contributed by atoms with Crippen molar-refractivity contribution in [1.82, 2.24) is 34.5 Å². The molecule has 0 saturated carbocycles. The maximum Gasteiger partial charge on any atom is 0.278 e. The lowest BCUT2D eigenvalue weighted by molar-refractivity contribution is -0.131. The number of amides is 2. The zero-order valence-corrected chi connectivity index (χ0v) is 20.5. The van der Waals surface area contributed by atoms with E-state index in [2.05, 4.69) is 31.0 Å². The van der Waals surface area contributed by atoms with Crippen LogP contribution in [-0.4, -0.2) is 78.7 Å². The lowest BCUT2D eigenvalue weighted by Gasteiger charge is -2.46. The zero-order chi connectivity index (χ0) is 25.4. The first-order valence-electron chi connectivity index (χ1n) is 11.4. The van der Waals surface area contributed by atoms with E-state index in [1.54, 1.807) is 54.0 Å². The summed E-state index contributed by atoms with van der Waals surface area (Å²) in [4.78, 5) is 31.8. The molecule has 186 valence electrons. The van der Waals surface area contributed by atoms with Gasteiger partial charge in [0.25, 0.3) is 5.91 Å². The molecule has 0 spiro atoms. The van der Waals surface area contributed by atoms with Crippen LogP contribution < -0.4 is 10.6 Å². The van der Waals surface area contributed by atoms with E-state index in [-0.39, 0.29) is 23.7 Å². The van der Waals surface area contributed by atoms with Crippen LogP contribution in [0.25, 0.3) is 16.6 Å². The molecule has 1 aliphatic heterocycles. The largest absolute Gasteiger partial charge is 0.376 e. The molecule has 36 heavy (non-hydrogen) atoms. The number of aryl methyl sites for hydroxylation is 2. The van der Waals surface area contributed by atoms with E-state index >= 15 is 0 Å². The van der Waals surface area contributed by atoms with Gasteiger partial charge >= 0.3 is 0 Å². The number of methoxy groups -OCH3 is 1. The van der Waals surface area contributed by atoms with Gasteiger partial charge in [-0.2, -0.15) is 5.10 Å². The number of likely N-dealkylation sites (tertiary alicyclic amines) is 1. The van der Waals surface area contributed by atoms with Gasteiger partial charge in [0, 0.05) is 50.8 Å². The smallest absolute Gasteiger partial charge is 0.278 e. The maximum absolute atomic E-state index is 13.0. The number of anilines is 2. The Bertz CT molecular complexity index is 1450. The first-order valence-corrected chi connectivity index (χ1v) is 11.4. The molecule has 12 nitrogen and oxygen atoms in total. The van der Waals surface area contributed by atoms with Crippen molar-refractivity contribution in [2.45, 2.75) is 19.4 Å². The van der Waals surface area contributed by atoms with E-state index < -0.39 is 5.91 Å². The summed E-state index contributed by atoms with van der Waals surface area (Å²) >= 11 is 0. The molecule has 0 aliphatic carbocycles. The number of carbonyl (C=O) groups is 2. The van der Waals surface area contributed by atoms with Gasteiger partial charge in [-0.3, -0.25) is 24.2 Å². The highest BCUT2D eigenvalue weighted by atomic mass is 16.5. The van der Waals surface area contributed by atoms with Gasteiger partial charge in [-0.25, -0.2) is 4.52 Å². The minimum absolute atomic E-state index is 0.162. The second-order valence-electron chi connectivity index (χ2n) is 9.25. The van der Waals surface area contributed by atoms with Gasteiger partial charge in [-0.05, 0) is 26.0 Å². The fourth-order valence-corrected chi connectivity index (χ4v) is 4.25. The van der Waals surface area contributed by atoms with Gasteiger partial charge in [-0.1, -0.05) is 11.3 Å². The maximum atomic E-state index is 13.0. The monoisotopic (exact) mass is 489 g/mol. The molecule has 2 amide bonds. The molecule has 2 N–H and O–H groups in total. The van der Waals surface area contributed by atoms with Crippen LogP contribution in [0.3, 0.4) is 0 Å². The minimum Gasteiger partial charge on any atom is -0.376 e. The summed E-state index contributed by atoms with van der Waals surface area (Å²) in [6, 6.07) is 5.37. The van der Waals surface area contributed by atoms with Crippen LogP contribution in [0.1, 0.15) is 23.1 Å². The highest BCUT2D eigenvalue weighted by molar-refractivity contribution is 6.08. The Hall–Kier alpha value is -4.16. The second kappa shape index (κ2) is 9.13. The number of nitrogens with one attached hydrogen (secondary N) is 2. The van der Waals surface area contributed by atoms with E-state index in [0.717, 1.165) is 11.1 Å². The SMILES string of the molecule is COC1(C)CN(CC(=O)Nc2cnc(C)c(NC(=O)c3nnn4cc(-c5cnn(C)c5)ccc34)c2)C1. The van der Waals surface area contributed by atoms with E-state index in [9.17, 15) is 9.59 Å². The number of hydrogen-bond acceptors (Lipinski definition) is 8. The van der Waals surface area contributed by atoms with Gasteiger partial charge in [0.15, 0.2) is 5.69 Å². The standard InChI is InChI=1S/C24H27N9O3/c1-15-19(7-18(9-25-15)27-21(34)12-32-13-24(2,14-32)36-4)28-23(35)22-20-6-5-16(11-33(20)30-29-22)17-8-26-31(3)10-17/h5-11H,12-14H2,1-4H3,(H,27,34)(H,28,35). The van der Waals surface area contributed by atoms with Crippen LogP contribution in [-0.2, 0) is 16.6 Å². The average molecular weight is 490 g/mol. The van der Waals surface area contributed by atoms with E-state index in [4.69, 9.17) is 4.74 Å². The van der Waals surface area contributed by atoms with Gasteiger partial charge in [-0.15, -0.1) is 5.10 Å². The summed E-state index contributed by atoms with van der Waals surface area (Å²) in [5.41, 5.74) is 3.95. The normalized spacial score (nSPS) is 15.0. The Morgan fingerprint density at radius 2 is 1.94 bits per heavy atom. The zero-order valence-electron chi connectivity index (χ0n) is 20.5. The lowest BCUT2D eigenvalue weighted by Crippen LogP contribution is -2.62. The number of carbonyl (C=O) groups excluding carboxylic acids is 2. The van der Waals surface area contributed by atoms with Crippen molar-refractivity contribution in [3.8, 4) is 11.1 Å². The minimum atomic E-state index is -0.424. The molecule has 4 aromatic heterocycles. The Balaban J connectivity index is 1.27. The average Bonchev–Trinajstić information content (AvgIpc) is 3.45. The summed E-state index contributed by atoms with van der Waals surface area (Å²) in [5.74, 6) is -0.586. The highest BCUT2D eigenvalue weighted by Crippen LogP contribution is 2.24. The summed E-state index contributed by atoms with van der Waals surface area (Å²) in [7, 11) is 3.52. The van der Waals surface area contributed by atoms with Crippen molar-refractivity contribution >= 4 is 28.7 Å². The molecular formula is C24H27N9O3. The molecule has 4 aromatic rings.